The normalized spacial score (nSPS) is 23.4. The van der Waals surface area contributed by atoms with E-state index in [1.54, 1.807) is 0 Å². The number of hydrogen-bond acceptors (Lipinski definition) is 3. The molecule has 4 nitrogen and oxygen atoms in total. The molecule has 0 spiro atoms. The summed E-state index contributed by atoms with van der Waals surface area (Å²) in [5.41, 5.74) is 0. The highest BCUT2D eigenvalue weighted by atomic mass is 35.5. The quantitative estimate of drug-likeness (QED) is 0.925. The molecule has 1 saturated carbocycles. The fourth-order valence-electron chi connectivity index (χ4n) is 2.17. The lowest BCUT2D eigenvalue weighted by Crippen LogP contribution is -2.39. The van der Waals surface area contributed by atoms with Crippen molar-refractivity contribution in [2.75, 3.05) is 13.6 Å². The Balaban J connectivity index is 2.16. The Hall–Kier alpha value is -0.330. The molecule has 1 aromatic carbocycles. The number of benzene rings is 1. The summed E-state index contributed by atoms with van der Waals surface area (Å²) in [4.78, 5) is 0.0902. The predicted octanol–water partition coefficient (Wildman–Crippen LogP) is 2.38. The number of rotatable bonds is 4. The smallest absolute Gasteiger partial charge is 0.242 e. The van der Waals surface area contributed by atoms with Crippen LogP contribution in [0.15, 0.2) is 23.1 Å². The highest BCUT2D eigenvalue weighted by Crippen LogP contribution is 2.30. The van der Waals surface area contributed by atoms with Gasteiger partial charge in [0.05, 0.1) is 11.0 Å². The van der Waals surface area contributed by atoms with Gasteiger partial charge >= 0.3 is 0 Å². The average molecular weight is 324 g/mol. The lowest BCUT2D eigenvalue weighted by molar-refractivity contribution is 0.0367. The van der Waals surface area contributed by atoms with Gasteiger partial charge in [-0.25, -0.2) is 12.7 Å². The number of nitrogens with zero attached hydrogens (tertiary/aromatic N) is 1. The zero-order valence-corrected chi connectivity index (χ0v) is 12.7. The second-order valence-corrected chi connectivity index (χ2v) is 7.80. The van der Waals surface area contributed by atoms with E-state index in [2.05, 4.69) is 0 Å². The molecule has 0 amide bonds. The minimum Gasteiger partial charge on any atom is -0.393 e. The van der Waals surface area contributed by atoms with E-state index in [1.807, 2.05) is 0 Å². The van der Waals surface area contributed by atoms with Gasteiger partial charge in [0.15, 0.2) is 0 Å². The molecule has 1 aromatic rings. The van der Waals surface area contributed by atoms with Gasteiger partial charge in [-0.2, -0.15) is 0 Å². The molecule has 0 radical (unpaired) electrons. The van der Waals surface area contributed by atoms with Crippen molar-refractivity contribution in [3.05, 3.63) is 28.2 Å². The van der Waals surface area contributed by atoms with Gasteiger partial charge in [0.2, 0.25) is 10.0 Å². The van der Waals surface area contributed by atoms with Gasteiger partial charge in [-0.15, -0.1) is 0 Å². The first-order valence-electron chi connectivity index (χ1n) is 5.89. The van der Waals surface area contributed by atoms with E-state index < -0.39 is 10.0 Å². The molecule has 19 heavy (non-hydrogen) atoms. The largest absolute Gasteiger partial charge is 0.393 e. The summed E-state index contributed by atoms with van der Waals surface area (Å²) in [5, 5.41) is 9.80. The first-order valence-corrected chi connectivity index (χ1v) is 8.09. The second kappa shape index (κ2) is 5.58. The molecule has 7 heteroatoms. The van der Waals surface area contributed by atoms with Crippen molar-refractivity contribution in [1.82, 2.24) is 4.31 Å². The monoisotopic (exact) mass is 323 g/mol. The van der Waals surface area contributed by atoms with Crippen LogP contribution in [0.4, 0.5) is 0 Å². The van der Waals surface area contributed by atoms with E-state index in [0.29, 0.717) is 29.4 Å². The molecule has 1 N–H and O–H groups in total. The molecule has 1 fully saturated rings. The zero-order valence-electron chi connectivity index (χ0n) is 10.4. The average Bonchev–Trinajstić information content (AvgIpc) is 2.25. The van der Waals surface area contributed by atoms with Gasteiger partial charge < -0.3 is 5.11 Å². The van der Waals surface area contributed by atoms with Crippen LogP contribution in [0.25, 0.3) is 0 Å². The van der Waals surface area contributed by atoms with E-state index >= 15 is 0 Å². The summed E-state index contributed by atoms with van der Waals surface area (Å²) in [6, 6.07) is 4.26. The SMILES string of the molecule is CN(CC1CC(O)C1)S(=O)(=O)c1cc(Cl)cc(Cl)c1. The van der Waals surface area contributed by atoms with E-state index in [4.69, 9.17) is 23.2 Å². The minimum absolute atomic E-state index is 0.0902. The third-order valence-electron chi connectivity index (χ3n) is 3.27. The summed E-state index contributed by atoms with van der Waals surface area (Å²) in [5.74, 6) is 0.212. The second-order valence-electron chi connectivity index (χ2n) is 4.88. The lowest BCUT2D eigenvalue weighted by atomic mass is 9.82. The third-order valence-corrected chi connectivity index (χ3v) is 5.51. The summed E-state index contributed by atoms with van der Waals surface area (Å²) in [6.07, 6.45) is 1.01. The number of aliphatic hydroxyl groups excluding tert-OH is 1. The van der Waals surface area contributed by atoms with Crippen molar-refractivity contribution in [3.8, 4) is 0 Å². The summed E-state index contributed by atoms with van der Waals surface area (Å²) in [7, 11) is -2.07. The van der Waals surface area contributed by atoms with Crippen LogP contribution in [-0.4, -0.2) is 37.5 Å². The van der Waals surface area contributed by atoms with Crippen LogP contribution in [0.2, 0.25) is 10.0 Å². The van der Waals surface area contributed by atoms with Gasteiger partial charge in [-0.1, -0.05) is 23.2 Å². The topological polar surface area (TPSA) is 57.6 Å². The lowest BCUT2D eigenvalue weighted by Gasteiger charge is -2.34. The number of halogens is 2. The van der Waals surface area contributed by atoms with Crippen LogP contribution >= 0.6 is 23.2 Å². The van der Waals surface area contributed by atoms with Gasteiger partial charge in [0.1, 0.15) is 0 Å². The van der Waals surface area contributed by atoms with Crippen molar-refractivity contribution >= 4 is 33.2 Å². The van der Waals surface area contributed by atoms with Crippen molar-refractivity contribution in [3.63, 3.8) is 0 Å². The molecule has 0 heterocycles. The van der Waals surface area contributed by atoms with Crippen LogP contribution in [0.1, 0.15) is 12.8 Å². The van der Waals surface area contributed by atoms with Crippen LogP contribution in [0.5, 0.6) is 0 Å². The Morgan fingerprint density at radius 1 is 1.26 bits per heavy atom. The molecule has 2 rings (SSSR count). The summed E-state index contributed by atoms with van der Waals surface area (Å²) >= 11 is 11.6. The maximum atomic E-state index is 12.3. The standard InChI is InChI=1S/C12H15Cl2NO3S/c1-15(7-8-2-11(16)3-8)19(17,18)12-5-9(13)4-10(14)6-12/h4-6,8,11,16H,2-3,7H2,1H3. The van der Waals surface area contributed by atoms with Crippen LogP contribution in [0, 0.1) is 5.92 Å². The molecule has 0 bridgehead atoms. The van der Waals surface area contributed by atoms with Gasteiger partial charge in [0, 0.05) is 23.6 Å². The van der Waals surface area contributed by atoms with E-state index in [1.165, 1.54) is 29.6 Å². The summed E-state index contributed by atoms with van der Waals surface area (Å²) in [6.45, 7) is 0.392. The molecule has 0 atom stereocenters. The maximum Gasteiger partial charge on any atom is 0.242 e. The van der Waals surface area contributed by atoms with Crippen molar-refractivity contribution in [2.45, 2.75) is 23.8 Å². The molecular formula is C12H15Cl2NO3S. The summed E-state index contributed by atoms with van der Waals surface area (Å²) < 4.78 is 26.0. The molecule has 1 aliphatic rings. The van der Waals surface area contributed by atoms with Crippen molar-refractivity contribution in [2.24, 2.45) is 5.92 Å². The highest BCUT2D eigenvalue weighted by molar-refractivity contribution is 7.89. The van der Waals surface area contributed by atoms with E-state index in [9.17, 15) is 13.5 Å². The minimum atomic E-state index is -3.59. The van der Waals surface area contributed by atoms with Gasteiger partial charge in [-0.05, 0) is 37.0 Å². The Labute approximate surface area is 123 Å². The number of sulfonamides is 1. The molecule has 0 unspecified atom stereocenters. The van der Waals surface area contributed by atoms with Gasteiger partial charge in [0.25, 0.3) is 0 Å². The first kappa shape index (κ1) is 15.1. The van der Waals surface area contributed by atoms with Crippen LogP contribution in [0.3, 0.4) is 0 Å². The Bertz CT molecular complexity index is 550. The molecule has 1 aliphatic carbocycles. The Morgan fingerprint density at radius 3 is 2.26 bits per heavy atom. The molecular weight excluding hydrogens is 309 g/mol. The van der Waals surface area contributed by atoms with E-state index in [-0.39, 0.29) is 16.9 Å². The van der Waals surface area contributed by atoms with Crippen LogP contribution < -0.4 is 0 Å². The third kappa shape index (κ3) is 3.41. The van der Waals surface area contributed by atoms with Gasteiger partial charge in [-0.3, -0.25) is 0 Å². The molecule has 0 aliphatic heterocycles. The zero-order chi connectivity index (χ0) is 14.2. The van der Waals surface area contributed by atoms with Crippen LogP contribution in [-0.2, 0) is 10.0 Å². The molecule has 106 valence electrons. The molecule has 0 saturated heterocycles. The Morgan fingerprint density at radius 2 is 1.79 bits per heavy atom. The number of hydrogen-bond donors (Lipinski definition) is 1. The van der Waals surface area contributed by atoms with Crippen molar-refractivity contribution in [1.29, 1.82) is 0 Å². The first-order chi connectivity index (χ1) is 8.79. The Kier molecular flexibility index (Phi) is 4.42. The van der Waals surface area contributed by atoms with E-state index in [0.717, 1.165) is 0 Å². The number of aliphatic hydroxyl groups is 1. The van der Waals surface area contributed by atoms with Crippen molar-refractivity contribution < 1.29 is 13.5 Å². The maximum absolute atomic E-state index is 12.3. The fourth-order valence-corrected chi connectivity index (χ4v) is 4.14. The predicted molar refractivity (Wildman–Crippen MR) is 75.0 cm³/mol. The fraction of sp³-hybridized carbons (Fsp3) is 0.500. The molecule has 0 aromatic heterocycles. The highest BCUT2D eigenvalue weighted by Gasteiger charge is 2.31.